The Morgan fingerprint density at radius 1 is 1.11 bits per heavy atom. The molecule has 0 amide bonds. The van der Waals surface area contributed by atoms with Gasteiger partial charge in [-0.25, -0.2) is 8.78 Å². The van der Waals surface area contributed by atoms with Crippen molar-refractivity contribution < 1.29 is 13.9 Å². The molecule has 0 fully saturated rings. The molecular weight excluding hydrogens is 302 g/mol. The Hall–Kier alpha value is -1.26. The van der Waals surface area contributed by atoms with E-state index in [0.717, 1.165) is 5.56 Å². The molecule has 0 aliphatic rings. The first-order chi connectivity index (χ1) is 8.49. The molecular formula is C14H11BrF2O. The van der Waals surface area contributed by atoms with Crippen LogP contribution in [0.2, 0.25) is 0 Å². The summed E-state index contributed by atoms with van der Waals surface area (Å²) in [6.45, 7) is 1.77. The van der Waals surface area contributed by atoms with Crippen LogP contribution in [0.1, 0.15) is 22.8 Å². The number of hydrogen-bond acceptors (Lipinski definition) is 1. The molecule has 1 atom stereocenters. The van der Waals surface area contributed by atoms with E-state index in [2.05, 4.69) is 15.9 Å². The van der Waals surface area contributed by atoms with E-state index < -0.39 is 17.7 Å². The van der Waals surface area contributed by atoms with Gasteiger partial charge in [0.05, 0.1) is 4.47 Å². The summed E-state index contributed by atoms with van der Waals surface area (Å²) in [6.07, 6.45) is -1.04. The summed E-state index contributed by atoms with van der Waals surface area (Å²) in [5.74, 6) is -0.882. The third-order valence-electron chi connectivity index (χ3n) is 2.80. The summed E-state index contributed by atoms with van der Waals surface area (Å²) in [4.78, 5) is 0. The summed E-state index contributed by atoms with van der Waals surface area (Å²) < 4.78 is 26.9. The summed E-state index contributed by atoms with van der Waals surface area (Å²) in [5, 5.41) is 10.2. The molecule has 2 aromatic carbocycles. The van der Waals surface area contributed by atoms with Crippen LogP contribution in [0, 0.1) is 18.6 Å². The van der Waals surface area contributed by atoms with E-state index in [9.17, 15) is 13.9 Å². The maximum absolute atomic E-state index is 13.4. The van der Waals surface area contributed by atoms with Crippen molar-refractivity contribution in [3.05, 3.63) is 69.2 Å². The zero-order chi connectivity index (χ0) is 13.3. The van der Waals surface area contributed by atoms with Crippen LogP contribution in [0.4, 0.5) is 8.78 Å². The largest absolute Gasteiger partial charge is 0.384 e. The first-order valence-corrected chi connectivity index (χ1v) is 6.17. The highest BCUT2D eigenvalue weighted by Gasteiger charge is 2.15. The van der Waals surface area contributed by atoms with Crippen LogP contribution in [0.15, 0.2) is 40.9 Å². The molecule has 0 bridgehead atoms. The Labute approximate surface area is 112 Å². The smallest absolute Gasteiger partial charge is 0.137 e. The zero-order valence-electron chi connectivity index (χ0n) is 9.62. The molecule has 0 heterocycles. The lowest BCUT2D eigenvalue weighted by Crippen LogP contribution is -2.03. The molecule has 18 heavy (non-hydrogen) atoms. The van der Waals surface area contributed by atoms with Crippen LogP contribution in [0.5, 0.6) is 0 Å². The summed E-state index contributed by atoms with van der Waals surface area (Å²) in [6, 6.07) is 8.53. The highest BCUT2D eigenvalue weighted by Crippen LogP contribution is 2.27. The SMILES string of the molecule is Cc1ccc(F)cc1C(O)c1ccc(Br)c(F)c1. The van der Waals surface area contributed by atoms with Gasteiger partial charge in [0, 0.05) is 0 Å². The fraction of sp³-hybridized carbons (Fsp3) is 0.143. The van der Waals surface area contributed by atoms with Gasteiger partial charge >= 0.3 is 0 Å². The van der Waals surface area contributed by atoms with Gasteiger partial charge in [-0.15, -0.1) is 0 Å². The average Bonchev–Trinajstić information content (AvgIpc) is 2.35. The first-order valence-electron chi connectivity index (χ1n) is 5.38. The fourth-order valence-electron chi connectivity index (χ4n) is 1.77. The van der Waals surface area contributed by atoms with Crippen LogP contribution in [-0.4, -0.2) is 5.11 Å². The predicted octanol–water partition coefficient (Wildman–Crippen LogP) is 4.12. The predicted molar refractivity (Wildman–Crippen MR) is 69.3 cm³/mol. The molecule has 0 aliphatic heterocycles. The van der Waals surface area contributed by atoms with Gasteiger partial charge in [0.25, 0.3) is 0 Å². The van der Waals surface area contributed by atoms with E-state index in [1.54, 1.807) is 19.1 Å². The minimum absolute atomic E-state index is 0.328. The van der Waals surface area contributed by atoms with Crippen LogP contribution in [-0.2, 0) is 0 Å². The van der Waals surface area contributed by atoms with Crippen molar-refractivity contribution in [1.82, 2.24) is 0 Å². The van der Waals surface area contributed by atoms with E-state index in [1.165, 1.54) is 24.3 Å². The molecule has 0 spiro atoms. The van der Waals surface area contributed by atoms with Crippen molar-refractivity contribution in [2.45, 2.75) is 13.0 Å². The lowest BCUT2D eigenvalue weighted by molar-refractivity contribution is 0.218. The Balaban J connectivity index is 2.44. The van der Waals surface area contributed by atoms with Crippen molar-refractivity contribution in [3.8, 4) is 0 Å². The lowest BCUT2D eigenvalue weighted by Gasteiger charge is -2.14. The topological polar surface area (TPSA) is 20.2 Å². The molecule has 94 valence electrons. The van der Waals surface area contributed by atoms with Gasteiger partial charge in [-0.05, 0) is 63.8 Å². The molecule has 2 rings (SSSR count). The number of aliphatic hydroxyl groups is 1. The van der Waals surface area contributed by atoms with E-state index >= 15 is 0 Å². The number of halogens is 3. The average molecular weight is 313 g/mol. The van der Waals surface area contributed by atoms with Crippen molar-refractivity contribution in [2.24, 2.45) is 0 Å². The molecule has 0 saturated heterocycles. The number of rotatable bonds is 2. The van der Waals surface area contributed by atoms with Gasteiger partial charge in [-0.1, -0.05) is 12.1 Å². The Bertz CT molecular complexity index is 584. The molecule has 0 aliphatic carbocycles. The van der Waals surface area contributed by atoms with Crippen LogP contribution in [0.3, 0.4) is 0 Å². The third kappa shape index (κ3) is 2.60. The molecule has 1 N–H and O–H groups in total. The van der Waals surface area contributed by atoms with Crippen LogP contribution >= 0.6 is 15.9 Å². The highest BCUT2D eigenvalue weighted by atomic mass is 79.9. The number of hydrogen-bond donors (Lipinski definition) is 1. The number of aryl methyl sites for hydroxylation is 1. The van der Waals surface area contributed by atoms with Gasteiger partial charge in [0.15, 0.2) is 0 Å². The van der Waals surface area contributed by atoms with Gasteiger partial charge in [0.2, 0.25) is 0 Å². The summed E-state index contributed by atoms with van der Waals surface area (Å²) in [7, 11) is 0. The molecule has 1 unspecified atom stereocenters. The zero-order valence-corrected chi connectivity index (χ0v) is 11.2. The quantitative estimate of drug-likeness (QED) is 0.884. The second-order valence-electron chi connectivity index (χ2n) is 4.08. The van der Waals surface area contributed by atoms with E-state index in [4.69, 9.17) is 0 Å². The standard InChI is InChI=1S/C14H11BrF2O/c1-8-2-4-10(16)7-11(8)14(18)9-3-5-12(15)13(17)6-9/h2-7,14,18H,1H3. The van der Waals surface area contributed by atoms with Crippen molar-refractivity contribution in [2.75, 3.05) is 0 Å². The fourth-order valence-corrected chi connectivity index (χ4v) is 2.01. The highest BCUT2D eigenvalue weighted by molar-refractivity contribution is 9.10. The molecule has 1 nitrogen and oxygen atoms in total. The lowest BCUT2D eigenvalue weighted by atomic mass is 9.97. The number of benzene rings is 2. The Morgan fingerprint density at radius 3 is 2.50 bits per heavy atom. The first kappa shape index (κ1) is 13.2. The second-order valence-corrected chi connectivity index (χ2v) is 4.93. The van der Waals surface area contributed by atoms with E-state index in [0.29, 0.717) is 15.6 Å². The second kappa shape index (κ2) is 5.16. The van der Waals surface area contributed by atoms with E-state index in [1.807, 2.05) is 0 Å². The van der Waals surface area contributed by atoms with Crippen LogP contribution in [0.25, 0.3) is 0 Å². The third-order valence-corrected chi connectivity index (χ3v) is 3.44. The van der Waals surface area contributed by atoms with Crippen LogP contribution < -0.4 is 0 Å². The summed E-state index contributed by atoms with van der Waals surface area (Å²) >= 11 is 3.04. The minimum Gasteiger partial charge on any atom is -0.384 e. The Kier molecular flexibility index (Phi) is 3.78. The minimum atomic E-state index is -1.04. The molecule has 0 saturated carbocycles. The normalized spacial score (nSPS) is 12.5. The maximum Gasteiger partial charge on any atom is 0.137 e. The monoisotopic (exact) mass is 312 g/mol. The van der Waals surface area contributed by atoms with Gasteiger partial charge in [-0.2, -0.15) is 0 Å². The Morgan fingerprint density at radius 2 is 1.83 bits per heavy atom. The molecule has 2 aromatic rings. The maximum atomic E-state index is 13.4. The van der Waals surface area contributed by atoms with Gasteiger partial charge < -0.3 is 5.11 Å². The van der Waals surface area contributed by atoms with Crippen molar-refractivity contribution in [3.63, 3.8) is 0 Å². The molecule has 0 aromatic heterocycles. The number of aliphatic hydroxyl groups excluding tert-OH is 1. The molecule has 4 heteroatoms. The van der Waals surface area contributed by atoms with Crippen molar-refractivity contribution >= 4 is 15.9 Å². The van der Waals surface area contributed by atoms with Crippen molar-refractivity contribution in [1.29, 1.82) is 0 Å². The molecule has 0 radical (unpaired) electrons. The van der Waals surface area contributed by atoms with Gasteiger partial charge in [0.1, 0.15) is 17.7 Å². The van der Waals surface area contributed by atoms with E-state index in [-0.39, 0.29) is 0 Å². The van der Waals surface area contributed by atoms with Gasteiger partial charge in [-0.3, -0.25) is 0 Å². The summed E-state index contributed by atoms with van der Waals surface area (Å²) in [5.41, 5.74) is 1.59.